The molecule has 0 atom stereocenters. The number of nitrogens with zero attached hydrogens (tertiary/aromatic N) is 5. The van der Waals surface area contributed by atoms with Crippen LogP contribution in [0.3, 0.4) is 0 Å². The Morgan fingerprint density at radius 1 is 0.939 bits per heavy atom. The van der Waals surface area contributed by atoms with Gasteiger partial charge in [-0.2, -0.15) is 0 Å². The lowest BCUT2D eigenvalue weighted by atomic mass is 10.2. The highest BCUT2D eigenvalue weighted by Crippen LogP contribution is 2.35. The van der Waals surface area contributed by atoms with E-state index in [2.05, 4.69) is 19.8 Å². The average molecular weight is 451 g/mol. The number of hydrogen-bond acceptors (Lipinski definition) is 9. The molecule has 2 aromatic carbocycles. The number of aromatic nitrogens is 2. The van der Waals surface area contributed by atoms with Gasteiger partial charge in [-0.05, 0) is 17.7 Å². The first-order chi connectivity index (χ1) is 16.1. The molecular weight excluding hydrogens is 426 g/mol. The fraction of sp³-hybridized carbons (Fsp3) is 0.304. The van der Waals surface area contributed by atoms with E-state index in [0.29, 0.717) is 28.9 Å². The van der Waals surface area contributed by atoms with Gasteiger partial charge in [0.1, 0.15) is 5.75 Å². The highest BCUT2D eigenvalue weighted by atomic mass is 16.6. The summed E-state index contributed by atoms with van der Waals surface area (Å²) < 4.78 is 16.7. The van der Waals surface area contributed by atoms with Crippen molar-refractivity contribution in [3.8, 4) is 23.1 Å². The summed E-state index contributed by atoms with van der Waals surface area (Å²) in [6, 6.07) is 12.0. The van der Waals surface area contributed by atoms with Gasteiger partial charge in [0.2, 0.25) is 0 Å². The molecule has 1 aliphatic rings. The second kappa shape index (κ2) is 10.1. The van der Waals surface area contributed by atoms with Crippen molar-refractivity contribution in [3.63, 3.8) is 0 Å². The van der Waals surface area contributed by atoms with Crippen LogP contribution in [0.15, 0.2) is 54.9 Å². The number of benzene rings is 2. The molecule has 0 saturated carbocycles. The Morgan fingerprint density at radius 2 is 1.64 bits per heavy atom. The third-order valence-corrected chi connectivity index (χ3v) is 5.44. The van der Waals surface area contributed by atoms with Crippen molar-refractivity contribution in [3.05, 3.63) is 70.5 Å². The van der Waals surface area contributed by atoms with Crippen molar-refractivity contribution in [2.45, 2.75) is 6.54 Å². The van der Waals surface area contributed by atoms with Crippen LogP contribution < -0.4 is 19.1 Å². The second-order valence-electron chi connectivity index (χ2n) is 7.49. The molecule has 0 bridgehead atoms. The Balaban J connectivity index is 1.40. The Bertz CT molecular complexity index is 1100. The van der Waals surface area contributed by atoms with Crippen LogP contribution in [-0.4, -0.2) is 60.2 Å². The van der Waals surface area contributed by atoms with Gasteiger partial charge in [-0.3, -0.25) is 15.0 Å². The van der Waals surface area contributed by atoms with Crippen LogP contribution >= 0.6 is 0 Å². The fourth-order valence-corrected chi connectivity index (χ4v) is 3.70. The summed E-state index contributed by atoms with van der Waals surface area (Å²) in [6.45, 7) is 3.90. The molecule has 1 aliphatic heterocycles. The average Bonchev–Trinajstić information content (AvgIpc) is 2.85. The SMILES string of the molecule is COc1ccc(Oc2nccnc2N2CCN(Cc3ccc([N+](=O)[O-])cc3)CC2)cc1OC. The highest BCUT2D eigenvalue weighted by molar-refractivity contribution is 5.52. The lowest BCUT2D eigenvalue weighted by Gasteiger charge is -2.35. The van der Waals surface area contributed by atoms with Crippen LogP contribution in [-0.2, 0) is 6.54 Å². The van der Waals surface area contributed by atoms with E-state index in [-0.39, 0.29) is 10.6 Å². The standard InChI is InChI=1S/C23H25N5O5/c1-31-20-8-7-19(15-21(20)32-2)33-23-22(24-9-10-25-23)27-13-11-26(12-14-27)16-17-3-5-18(6-4-17)28(29)30/h3-10,15H,11-14,16H2,1-2H3. The van der Waals surface area contributed by atoms with E-state index in [0.717, 1.165) is 38.3 Å². The molecule has 10 nitrogen and oxygen atoms in total. The maximum atomic E-state index is 10.8. The quantitative estimate of drug-likeness (QED) is 0.376. The molecule has 0 aliphatic carbocycles. The Kier molecular flexibility index (Phi) is 6.84. The molecule has 0 amide bonds. The van der Waals surface area contributed by atoms with Gasteiger partial charge in [-0.1, -0.05) is 12.1 Å². The van der Waals surface area contributed by atoms with Gasteiger partial charge < -0.3 is 19.1 Å². The summed E-state index contributed by atoms with van der Waals surface area (Å²) >= 11 is 0. The zero-order valence-electron chi connectivity index (χ0n) is 18.5. The Labute approximate surface area is 191 Å². The van der Waals surface area contributed by atoms with Gasteiger partial charge in [0, 0.05) is 63.3 Å². The number of hydrogen-bond donors (Lipinski definition) is 0. The summed E-state index contributed by atoms with van der Waals surface area (Å²) in [5, 5.41) is 10.8. The maximum absolute atomic E-state index is 10.8. The summed E-state index contributed by atoms with van der Waals surface area (Å²) in [6.07, 6.45) is 3.25. The van der Waals surface area contributed by atoms with E-state index >= 15 is 0 Å². The maximum Gasteiger partial charge on any atom is 0.269 e. The minimum atomic E-state index is -0.384. The van der Waals surface area contributed by atoms with Gasteiger partial charge in [0.15, 0.2) is 17.3 Å². The third-order valence-electron chi connectivity index (χ3n) is 5.44. The first-order valence-corrected chi connectivity index (χ1v) is 10.5. The van der Waals surface area contributed by atoms with Gasteiger partial charge in [0.25, 0.3) is 11.6 Å². The van der Waals surface area contributed by atoms with E-state index in [4.69, 9.17) is 14.2 Å². The molecule has 0 unspecified atom stereocenters. The Morgan fingerprint density at radius 3 is 2.30 bits per heavy atom. The molecule has 10 heteroatoms. The molecule has 172 valence electrons. The van der Waals surface area contributed by atoms with Crippen LogP contribution in [0.1, 0.15) is 5.56 Å². The van der Waals surface area contributed by atoms with Crippen molar-refractivity contribution in [2.24, 2.45) is 0 Å². The smallest absolute Gasteiger partial charge is 0.269 e. The summed E-state index contributed by atoms with van der Waals surface area (Å²) in [5.74, 6) is 2.87. The first-order valence-electron chi connectivity index (χ1n) is 10.5. The molecule has 0 N–H and O–H groups in total. The van der Waals surface area contributed by atoms with Crippen LogP contribution in [0, 0.1) is 10.1 Å². The topological polar surface area (TPSA) is 103 Å². The molecule has 1 saturated heterocycles. The molecule has 1 fully saturated rings. The van der Waals surface area contributed by atoms with Crippen molar-refractivity contribution >= 4 is 11.5 Å². The lowest BCUT2D eigenvalue weighted by Crippen LogP contribution is -2.46. The number of piperazine rings is 1. The molecule has 4 rings (SSSR count). The third kappa shape index (κ3) is 5.29. The van der Waals surface area contributed by atoms with Crippen LogP contribution in [0.4, 0.5) is 11.5 Å². The van der Waals surface area contributed by atoms with Crippen molar-refractivity contribution in [1.29, 1.82) is 0 Å². The van der Waals surface area contributed by atoms with Crippen molar-refractivity contribution in [1.82, 2.24) is 14.9 Å². The van der Waals surface area contributed by atoms with Gasteiger partial charge in [-0.25, -0.2) is 9.97 Å². The second-order valence-corrected chi connectivity index (χ2v) is 7.49. The van der Waals surface area contributed by atoms with E-state index in [1.807, 2.05) is 12.1 Å². The molecular formula is C23H25N5O5. The predicted octanol–water partition coefficient (Wildman–Crippen LogP) is 3.52. The largest absolute Gasteiger partial charge is 0.493 e. The normalized spacial score (nSPS) is 14.1. The van der Waals surface area contributed by atoms with E-state index < -0.39 is 0 Å². The van der Waals surface area contributed by atoms with Crippen LogP contribution in [0.5, 0.6) is 23.1 Å². The van der Waals surface area contributed by atoms with E-state index in [1.54, 1.807) is 56.9 Å². The van der Waals surface area contributed by atoms with E-state index in [1.165, 1.54) is 0 Å². The first kappa shape index (κ1) is 22.3. The minimum Gasteiger partial charge on any atom is -0.493 e. The van der Waals surface area contributed by atoms with Gasteiger partial charge in [0.05, 0.1) is 19.1 Å². The minimum absolute atomic E-state index is 0.105. The summed E-state index contributed by atoms with van der Waals surface area (Å²) in [4.78, 5) is 23.8. The van der Waals surface area contributed by atoms with Crippen molar-refractivity contribution < 1.29 is 19.1 Å². The van der Waals surface area contributed by atoms with Crippen LogP contribution in [0.25, 0.3) is 0 Å². The van der Waals surface area contributed by atoms with E-state index in [9.17, 15) is 10.1 Å². The highest BCUT2D eigenvalue weighted by Gasteiger charge is 2.22. The number of anilines is 1. The summed E-state index contributed by atoms with van der Waals surface area (Å²) in [7, 11) is 3.16. The number of rotatable bonds is 8. The Hall–Kier alpha value is -3.92. The molecule has 1 aromatic heterocycles. The molecule has 2 heterocycles. The molecule has 3 aromatic rings. The fourth-order valence-electron chi connectivity index (χ4n) is 3.70. The van der Waals surface area contributed by atoms with Gasteiger partial charge in [-0.15, -0.1) is 0 Å². The monoisotopic (exact) mass is 451 g/mol. The van der Waals surface area contributed by atoms with Crippen LogP contribution in [0.2, 0.25) is 0 Å². The predicted molar refractivity (Wildman–Crippen MR) is 122 cm³/mol. The number of nitro benzene ring substituents is 1. The summed E-state index contributed by atoms with van der Waals surface area (Å²) in [5.41, 5.74) is 1.15. The number of nitro groups is 1. The lowest BCUT2D eigenvalue weighted by molar-refractivity contribution is -0.384. The zero-order valence-corrected chi connectivity index (χ0v) is 18.5. The molecule has 33 heavy (non-hydrogen) atoms. The van der Waals surface area contributed by atoms with Crippen molar-refractivity contribution in [2.75, 3.05) is 45.3 Å². The number of methoxy groups -OCH3 is 2. The number of ether oxygens (including phenoxy) is 3. The molecule has 0 radical (unpaired) electrons. The van der Waals surface area contributed by atoms with Gasteiger partial charge >= 0.3 is 0 Å². The number of non-ortho nitro benzene ring substituents is 1. The molecule has 0 spiro atoms. The zero-order chi connectivity index (χ0) is 23.2.